The molecule has 1 fully saturated rings. The van der Waals surface area contributed by atoms with Gasteiger partial charge in [0.2, 0.25) is 17.7 Å². The summed E-state index contributed by atoms with van der Waals surface area (Å²) in [6.45, 7) is -0.336. The molecule has 4 amide bonds. The van der Waals surface area contributed by atoms with Crippen LogP contribution in [0.4, 0.5) is 18.9 Å². The first kappa shape index (κ1) is 21.6. The number of hydrogen-bond donors (Lipinski definition) is 2. The Hall–Kier alpha value is -3.11. The van der Waals surface area contributed by atoms with Gasteiger partial charge in [-0.1, -0.05) is 12.1 Å². The van der Waals surface area contributed by atoms with Crippen LogP contribution in [0.15, 0.2) is 24.3 Å². The third-order valence-corrected chi connectivity index (χ3v) is 5.24. The fourth-order valence-electron chi connectivity index (χ4n) is 3.78. The Labute approximate surface area is 170 Å². The maximum atomic E-state index is 13.0. The van der Waals surface area contributed by atoms with E-state index in [4.69, 9.17) is 0 Å². The van der Waals surface area contributed by atoms with Crippen LogP contribution in [0.2, 0.25) is 0 Å². The number of carbonyl (C=O) groups excluding carboxylic acids is 4. The Morgan fingerprint density at radius 1 is 1.13 bits per heavy atom. The lowest BCUT2D eigenvalue weighted by molar-refractivity contribution is -0.138. The molecule has 2 N–H and O–H groups in total. The van der Waals surface area contributed by atoms with Crippen molar-refractivity contribution in [3.63, 3.8) is 0 Å². The summed E-state index contributed by atoms with van der Waals surface area (Å²) < 4.78 is 36.3. The number of hydrogen-bond acceptors (Lipinski definition) is 4. The predicted octanol–water partition coefficient (Wildman–Crippen LogP) is 1.17. The number of alkyl halides is 3. The number of rotatable bonds is 6. The molecule has 1 saturated heterocycles. The molecule has 0 spiro atoms. The second-order valence-corrected chi connectivity index (χ2v) is 7.34. The van der Waals surface area contributed by atoms with E-state index in [1.807, 2.05) is 0 Å². The number of anilines is 1. The molecule has 1 unspecified atom stereocenters. The summed E-state index contributed by atoms with van der Waals surface area (Å²) in [6, 6.07) is 6.74. The van der Waals surface area contributed by atoms with Crippen LogP contribution < -0.4 is 15.5 Å². The van der Waals surface area contributed by atoms with Gasteiger partial charge in [-0.25, -0.2) is 0 Å². The van der Waals surface area contributed by atoms with Crippen molar-refractivity contribution in [2.45, 2.75) is 38.0 Å². The fraction of sp³-hybridized carbons (Fsp3) is 0.474. The van der Waals surface area contributed by atoms with Gasteiger partial charge in [0.05, 0.1) is 17.8 Å². The number of fused-ring (bicyclic) bond motifs is 3. The lowest BCUT2D eigenvalue weighted by atomic mass is 9.98. The summed E-state index contributed by atoms with van der Waals surface area (Å²) in [5.41, 5.74) is -0.0147. The van der Waals surface area contributed by atoms with E-state index in [0.29, 0.717) is 17.7 Å². The summed E-state index contributed by atoms with van der Waals surface area (Å²) in [5.74, 6) is -1.99. The quantitative estimate of drug-likeness (QED) is 0.714. The maximum Gasteiger partial charge on any atom is 0.405 e. The van der Waals surface area contributed by atoms with Crippen molar-refractivity contribution >= 4 is 29.3 Å². The van der Waals surface area contributed by atoms with Crippen LogP contribution in [-0.4, -0.2) is 60.0 Å². The minimum atomic E-state index is -4.54. The van der Waals surface area contributed by atoms with Crippen molar-refractivity contribution in [2.24, 2.45) is 0 Å². The molecule has 30 heavy (non-hydrogen) atoms. The normalized spacial score (nSPS) is 20.7. The minimum Gasteiger partial charge on any atom is -0.347 e. The van der Waals surface area contributed by atoms with E-state index in [1.54, 1.807) is 41.4 Å². The highest BCUT2D eigenvalue weighted by atomic mass is 19.4. The number of benzene rings is 1. The third kappa shape index (κ3) is 4.24. The van der Waals surface area contributed by atoms with Gasteiger partial charge in [-0.15, -0.1) is 0 Å². The van der Waals surface area contributed by atoms with Crippen molar-refractivity contribution < 1.29 is 32.3 Å². The number of amides is 4. The predicted molar refractivity (Wildman–Crippen MR) is 99.3 cm³/mol. The number of carbonyl (C=O) groups is 4. The molecule has 0 aliphatic carbocycles. The van der Waals surface area contributed by atoms with E-state index < -0.39 is 36.7 Å². The zero-order valence-corrected chi connectivity index (χ0v) is 16.2. The molecule has 8 nitrogen and oxygen atoms in total. The van der Waals surface area contributed by atoms with Crippen LogP contribution >= 0.6 is 0 Å². The minimum absolute atomic E-state index is 0.0105. The van der Waals surface area contributed by atoms with E-state index in [1.165, 1.54) is 4.90 Å². The average Bonchev–Trinajstić information content (AvgIpc) is 2.99. The highest BCUT2D eigenvalue weighted by Gasteiger charge is 2.52. The van der Waals surface area contributed by atoms with Crippen molar-refractivity contribution in [3.05, 3.63) is 29.8 Å². The highest BCUT2D eigenvalue weighted by molar-refractivity contribution is 6.10. The van der Waals surface area contributed by atoms with Crippen molar-refractivity contribution in [3.8, 4) is 0 Å². The Morgan fingerprint density at radius 3 is 2.53 bits per heavy atom. The molecular formula is C19H21F3N4O4. The van der Waals surface area contributed by atoms with Crippen molar-refractivity contribution in [1.82, 2.24) is 15.5 Å². The lowest BCUT2D eigenvalue weighted by Gasteiger charge is -2.48. The molecule has 2 aliphatic rings. The average molecular weight is 426 g/mol. The van der Waals surface area contributed by atoms with Gasteiger partial charge < -0.3 is 15.5 Å². The van der Waals surface area contributed by atoms with Gasteiger partial charge in [-0.3, -0.25) is 24.1 Å². The zero-order valence-electron chi connectivity index (χ0n) is 16.2. The molecule has 3 rings (SSSR count). The summed E-state index contributed by atoms with van der Waals surface area (Å²) >= 11 is 0. The topological polar surface area (TPSA) is 98.8 Å². The van der Waals surface area contributed by atoms with Crippen LogP contribution in [0.5, 0.6) is 0 Å². The zero-order chi connectivity index (χ0) is 22.1. The molecule has 1 aromatic rings. The first-order chi connectivity index (χ1) is 14.0. The van der Waals surface area contributed by atoms with Crippen molar-refractivity contribution in [1.29, 1.82) is 0 Å². The first-order valence-corrected chi connectivity index (χ1v) is 9.37. The number of nitrogens with zero attached hydrogens (tertiary/aromatic N) is 2. The number of para-hydroxylation sites is 1. The molecule has 162 valence electrons. The second kappa shape index (κ2) is 7.96. The van der Waals surface area contributed by atoms with Crippen LogP contribution in [0.1, 0.15) is 36.5 Å². The van der Waals surface area contributed by atoms with Gasteiger partial charge in [0.1, 0.15) is 12.2 Å². The molecule has 1 aromatic carbocycles. The first-order valence-electron chi connectivity index (χ1n) is 9.37. The molecule has 2 heterocycles. The second-order valence-electron chi connectivity index (χ2n) is 7.34. The Kier molecular flexibility index (Phi) is 5.73. The van der Waals surface area contributed by atoms with Crippen LogP contribution in [0, 0.1) is 0 Å². The van der Waals surface area contributed by atoms with Gasteiger partial charge in [-0.2, -0.15) is 13.2 Å². The monoisotopic (exact) mass is 426 g/mol. The van der Waals surface area contributed by atoms with Gasteiger partial charge in [-0.05, 0) is 25.5 Å². The summed E-state index contributed by atoms with van der Waals surface area (Å²) in [5, 5.41) is 3.89. The molecule has 0 saturated carbocycles. The number of nitrogens with one attached hydrogen (secondary N) is 2. The van der Waals surface area contributed by atoms with Gasteiger partial charge >= 0.3 is 6.18 Å². The SMILES string of the molecule is CC12CCC(=O)N1c1ccccc1C(=O)N2CCC(=O)NCC(=O)NCC(F)(F)F. The van der Waals surface area contributed by atoms with Crippen molar-refractivity contribution in [2.75, 3.05) is 24.5 Å². The molecule has 2 aliphatic heterocycles. The fourth-order valence-corrected chi connectivity index (χ4v) is 3.78. The van der Waals surface area contributed by atoms with E-state index in [2.05, 4.69) is 5.32 Å². The Balaban J connectivity index is 1.62. The Bertz CT molecular complexity index is 889. The summed E-state index contributed by atoms with van der Waals surface area (Å²) in [7, 11) is 0. The Morgan fingerprint density at radius 2 is 1.83 bits per heavy atom. The smallest absolute Gasteiger partial charge is 0.347 e. The van der Waals surface area contributed by atoms with Crippen LogP contribution in [0.3, 0.4) is 0 Å². The third-order valence-electron chi connectivity index (χ3n) is 5.24. The van der Waals surface area contributed by atoms with E-state index >= 15 is 0 Å². The summed E-state index contributed by atoms with van der Waals surface area (Å²) in [4.78, 5) is 52.0. The van der Waals surface area contributed by atoms with E-state index in [-0.39, 0.29) is 31.2 Å². The summed E-state index contributed by atoms with van der Waals surface area (Å²) in [6.07, 6.45) is -4.03. The number of halogens is 3. The van der Waals surface area contributed by atoms with Gasteiger partial charge in [0, 0.05) is 19.4 Å². The molecule has 0 aromatic heterocycles. The largest absolute Gasteiger partial charge is 0.405 e. The van der Waals surface area contributed by atoms with Crippen LogP contribution in [-0.2, 0) is 14.4 Å². The van der Waals surface area contributed by atoms with Crippen LogP contribution in [0.25, 0.3) is 0 Å². The molecular weight excluding hydrogens is 405 g/mol. The van der Waals surface area contributed by atoms with Gasteiger partial charge in [0.15, 0.2) is 0 Å². The molecule has 0 bridgehead atoms. The standard InChI is InChI=1S/C19H21F3N4O4/c1-18-8-6-16(29)26(18)13-5-3-2-4-12(13)17(30)25(18)9-7-14(27)23-10-15(28)24-11-19(20,21)22/h2-5H,6-11H2,1H3,(H,23,27)(H,24,28). The molecule has 1 atom stereocenters. The van der Waals surface area contributed by atoms with Gasteiger partial charge in [0.25, 0.3) is 5.91 Å². The highest BCUT2D eigenvalue weighted by Crippen LogP contribution is 2.43. The van der Waals surface area contributed by atoms with E-state index in [0.717, 1.165) is 0 Å². The molecule has 0 radical (unpaired) electrons. The molecule has 11 heteroatoms. The maximum absolute atomic E-state index is 13.0. The van der Waals surface area contributed by atoms with E-state index in [9.17, 15) is 32.3 Å². The lowest BCUT2D eigenvalue weighted by Crippen LogP contribution is -2.62.